The van der Waals surface area contributed by atoms with Crippen molar-refractivity contribution in [1.82, 2.24) is 0 Å². The van der Waals surface area contributed by atoms with E-state index >= 15 is 0 Å². The maximum Gasteiger partial charge on any atom is 0.280 e. The number of rotatable bonds is 3. The molecule has 0 saturated heterocycles. The highest BCUT2D eigenvalue weighted by Gasteiger charge is 2.30. The van der Waals surface area contributed by atoms with Crippen LogP contribution in [0.25, 0.3) is 0 Å². The summed E-state index contributed by atoms with van der Waals surface area (Å²) in [7, 11) is 0. The summed E-state index contributed by atoms with van der Waals surface area (Å²) in [5, 5.41) is 1.18. The second kappa shape index (κ2) is 4.49. The molecule has 0 aliphatic heterocycles. The minimum Gasteiger partial charge on any atom is -0.140 e. The molecular weight excluding hydrogens is 219 g/mol. The lowest BCUT2D eigenvalue weighted by Crippen LogP contribution is -2.37. The van der Waals surface area contributed by atoms with Gasteiger partial charge in [0.1, 0.15) is 0 Å². The van der Waals surface area contributed by atoms with Gasteiger partial charge in [0, 0.05) is 0 Å². The molecule has 1 aromatic carbocycles. The molecule has 0 amide bonds. The zero-order valence-corrected chi connectivity index (χ0v) is 10.5. The van der Waals surface area contributed by atoms with E-state index in [1.807, 2.05) is 12.1 Å². The van der Waals surface area contributed by atoms with Gasteiger partial charge in [-0.05, 0) is 23.2 Å². The molecular formula is C10H14Cl2Si. The van der Waals surface area contributed by atoms with Gasteiger partial charge in [-0.15, -0.1) is 22.2 Å². The monoisotopic (exact) mass is 232 g/mol. The van der Waals surface area contributed by atoms with Crippen molar-refractivity contribution in [1.29, 1.82) is 0 Å². The molecule has 0 heterocycles. The maximum absolute atomic E-state index is 6.33. The van der Waals surface area contributed by atoms with Gasteiger partial charge < -0.3 is 0 Å². The van der Waals surface area contributed by atoms with E-state index in [-0.39, 0.29) is 0 Å². The van der Waals surface area contributed by atoms with Gasteiger partial charge in [-0.2, -0.15) is 0 Å². The fourth-order valence-corrected chi connectivity index (χ4v) is 3.93. The highest BCUT2D eigenvalue weighted by atomic mass is 35.7. The van der Waals surface area contributed by atoms with Gasteiger partial charge in [0.25, 0.3) is 6.69 Å². The normalized spacial score (nSPS) is 11.7. The fraction of sp³-hybridized carbons (Fsp3) is 0.400. The molecule has 72 valence electrons. The Bertz CT molecular complexity index is 284. The van der Waals surface area contributed by atoms with Crippen molar-refractivity contribution in [2.75, 3.05) is 0 Å². The van der Waals surface area contributed by atoms with Gasteiger partial charge >= 0.3 is 0 Å². The van der Waals surface area contributed by atoms with Crippen LogP contribution in [0.3, 0.4) is 0 Å². The van der Waals surface area contributed by atoms with E-state index in [4.69, 9.17) is 22.2 Å². The topological polar surface area (TPSA) is 0 Å². The Morgan fingerprint density at radius 1 is 1.15 bits per heavy atom. The molecule has 1 rings (SSSR count). The van der Waals surface area contributed by atoms with Crippen molar-refractivity contribution < 1.29 is 0 Å². The molecule has 0 fully saturated rings. The maximum atomic E-state index is 6.33. The summed E-state index contributed by atoms with van der Waals surface area (Å²) in [6.45, 7) is 2.01. The summed E-state index contributed by atoms with van der Waals surface area (Å²) < 4.78 is 0. The van der Waals surface area contributed by atoms with E-state index < -0.39 is 6.69 Å². The predicted molar refractivity (Wildman–Crippen MR) is 63.4 cm³/mol. The quantitative estimate of drug-likeness (QED) is 0.554. The first-order valence-corrected chi connectivity index (χ1v) is 8.81. The summed E-state index contributed by atoms with van der Waals surface area (Å²) in [5.74, 6) is 0. The van der Waals surface area contributed by atoms with E-state index in [0.29, 0.717) is 0 Å². The van der Waals surface area contributed by atoms with Gasteiger partial charge in [-0.3, -0.25) is 0 Å². The number of aryl methyl sites for hydroxylation is 1. The van der Waals surface area contributed by atoms with Gasteiger partial charge in [-0.25, -0.2) is 0 Å². The minimum absolute atomic E-state index is 0.868. The Morgan fingerprint density at radius 3 is 2.31 bits per heavy atom. The fourth-order valence-electron chi connectivity index (χ4n) is 1.38. The molecule has 0 radical (unpaired) electrons. The second-order valence-corrected chi connectivity index (χ2v) is 10.2. The number of benzene rings is 1. The average molecular weight is 233 g/mol. The molecule has 0 aliphatic rings. The lowest BCUT2D eigenvalue weighted by atomic mass is 10.2. The van der Waals surface area contributed by atoms with Crippen molar-refractivity contribution >= 4 is 34.0 Å². The minimum atomic E-state index is -2.17. The zero-order valence-electron chi connectivity index (χ0n) is 7.98. The van der Waals surface area contributed by atoms with Crippen molar-refractivity contribution in [2.45, 2.75) is 26.3 Å². The second-order valence-electron chi connectivity index (χ2n) is 3.07. The molecule has 0 spiro atoms. The molecule has 0 saturated carbocycles. The molecule has 0 N–H and O–H groups in total. The number of hydrogen-bond acceptors (Lipinski definition) is 0. The largest absolute Gasteiger partial charge is 0.280 e. The van der Waals surface area contributed by atoms with Gasteiger partial charge in [0.2, 0.25) is 0 Å². The number of hydrogen-bond donors (Lipinski definition) is 0. The van der Waals surface area contributed by atoms with Crippen LogP contribution in [0.5, 0.6) is 0 Å². The highest BCUT2D eigenvalue weighted by Crippen LogP contribution is 2.21. The molecule has 0 nitrogen and oxygen atoms in total. The van der Waals surface area contributed by atoms with Crippen LogP contribution in [0, 0.1) is 0 Å². The summed E-state index contributed by atoms with van der Waals surface area (Å²) in [5.41, 5.74) is 1.29. The molecule has 1 aromatic rings. The van der Waals surface area contributed by atoms with Gasteiger partial charge in [0.05, 0.1) is 0 Å². The molecule has 0 bridgehead atoms. The first kappa shape index (κ1) is 11.1. The molecule has 3 heteroatoms. The number of halogens is 2. The van der Waals surface area contributed by atoms with Crippen LogP contribution in [0.2, 0.25) is 6.04 Å². The Morgan fingerprint density at radius 2 is 1.77 bits per heavy atom. The Hall–Kier alpha value is 0.0169. The van der Waals surface area contributed by atoms with E-state index in [0.717, 1.165) is 12.5 Å². The summed E-state index contributed by atoms with van der Waals surface area (Å²) in [6, 6.07) is 9.09. The van der Waals surface area contributed by atoms with Crippen LogP contribution in [-0.2, 0) is 6.42 Å². The standard InChI is InChI=1S/C10H14Cl2Si/c1-3-9-7-5-6-8-10(9)13(11,12)4-2/h5-8H,3-4H2,1-2H3. The Balaban J connectivity index is 3.12. The van der Waals surface area contributed by atoms with Crippen molar-refractivity contribution in [2.24, 2.45) is 0 Å². The van der Waals surface area contributed by atoms with Crippen molar-refractivity contribution in [3.05, 3.63) is 29.8 Å². The van der Waals surface area contributed by atoms with Gasteiger partial charge in [-0.1, -0.05) is 38.1 Å². The lowest BCUT2D eigenvalue weighted by Gasteiger charge is -2.18. The van der Waals surface area contributed by atoms with Crippen LogP contribution in [0.1, 0.15) is 19.4 Å². The first-order chi connectivity index (χ1) is 6.11. The smallest absolute Gasteiger partial charge is 0.140 e. The van der Waals surface area contributed by atoms with E-state index in [1.54, 1.807) is 0 Å². The van der Waals surface area contributed by atoms with E-state index in [2.05, 4.69) is 26.0 Å². The van der Waals surface area contributed by atoms with Crippen LogP contribution in [0.4, 0.5) is 0 Å². The zero-order chi connectivity index (χ0) is 9.90. The van der Waals surface area contributed by atoms with Crippen LogP contribution < -0.4 is 5.19 Å². The summed E-state index contributed by atoms with van der Waals surface area (Å²) in [6.07, 6.45) is 1.00. The highest BCUT2D eigenvalue weighted by molar-refractivity contribution is 7.51. The molecule has 13 heavy (non-hydrogen) atoms. The first-order valence-electron chi connectivity index (χ1n) is 4.58. The van der Waals surface area contributed by atoms with Crippen LogP contribution in [-0.4, -0.2) is 6.69 Å². The average Bonchev–Trinajstić information content (AvgIpc) is 2.18. The summed E-state index contributed by atoms with van der Waals surface area (Å²) >= 11 is 12.7. The van der Waals surface area contributed by atoms with Gasteiger partial charge in [0.15, 0.2) is 0 Å². The molecule has 0 atom stereocenters. The molecule has 0 unspecified atom stereocenters. The SMILES string of the molecule is CCc1ccccc1[Si](Cl)(Cl)CC. The Labute approximate surface area is 90.3 Å². The van der Waals surface area contributed by atoms with Crippen LogP contribution >= 0.6 is 22.2 Å². The molecule has 0 aliphatic carbocycles. The van der Waals surface area contributed by atoms with Crippen molar-refractivity contribution in [3.8, 4) is 0 Å². The van der Waals surface area contributed by atoms with Crippen LogP contribution in [0.15, 0.2) is 24.3 Å². The van der Waals surface area contributed by atoms with E-state index in [9.17, 15) is 0 Å². The predicted octanol–water partition coefficient (Wildman–Crippen LogP) is 3.40. The third-order valence-electron chi connectivity index (χ3n) is 2.24. The third-order valence-corrected chi connectivity index (χ3v) is 7.23. The molecule has 0 aromatic heterocycles. The Kier molecular flexibility index (Phi) is 3.83. The van der Waals surface area contributed by atoms with E-state index in [1.165, 1.54) is 10.8 Å². The summed E-state index contributed by atoms with van der Waals surface area (Å²) in [4.78, 5) is 0. The van der Waals surface area contributed by atoms with Crippen molar-refractivity contribution in [3.63, 3.8) is 0 Å². The lowest BCUT2D eigenvalue weighted by molar-refractivity contribution is 1.15. The third kappa shape index (κ3) is 2.49.